The number of nitrogens with one attached hydrogen (secondary N) is 3. The summed E-state index contributed by atoms with van der Waals surface area (Å²) in [6.45, 7) is 0. The van der Waals surface area contributed by atoms with Crippen LogP contribution in [0.1, 0.15) is 23.0 Å². The van der Waals surface area contributed by atoms with Gasteiger partial charge in [0.1, 0.15) is 11.7 Å². The van der Waals surface area contributed by atoms with E-state index in [4.69, 9.17) is 0 Å². The normalized spacial score (nSPS) is 37.6. The third-order valence-corrected chi connectivity index (χ3v) is 6.16. The van der Waals surface area contributed by atoms with Crippen LogP contribution in [0.4, 0.5) is 4.79 Å². The smallest absolute Gasteiger partial charge is 0.317 e. The first-order valence-corrected chi connectivity index (χ1v) is 7.67. The van der Waals surface area contributed by atoms with Crippen LogP contribution in [0.3, 0.4) is 0 Å². The predicted molar refractivity (Wildman–Crippen MR) is 75.1 cm³/mol. The number of aliphatic hydroxyl groups is 1. The highest BCUT2D eigenvalue weighted by Gasteiger charge is 2.61. The fourth-order valence-corrected chi connectivity index (χ4v) is 4.41. The second-order valence-electron chi connectivity index (χ2n) is 5.31. The number of carbonyl (C=O) groups excluding carboxylic acids is 2. The van der Waals surface area contributed by atoms with Gasteiger partial charge in [0, 0.05) is 6.42 Å². The van der Waals surface area contributed by atoms with Crippen molar-refractivity contribution < 1.29 is 14.7 Å². The monoisotopic (exact) mass is 404 g/mol. The van der Waals surface area contributed by atoms with E-state index in [1.807, 2.05) is 4.57 Å². The van der Waals surface area contributed by atoms with Gasteiger partial charge in [0.05, 0.1) is 21.2 Å². The molecule has 1 aromatic heterocycles. The van der Waals surface area contributed by atoms with Crippen LogP contribution in [-0.2, 0) is 0 Å². The summed E-state index contributed by atoms with van der Waals surface area (Å²) in [6.07, 6.45) is 0.327. The van der Waals surface area contributed by atoms with E-state index in [1.54, 1.807) is 6.07 Å². The Kier molecular flexibility index (Phi) is 2.39. The highest BCUT2D eigenvalue weighted by Crippen LogP contribution is 2.45. The van der Waals surface area contributed by atoms with Gasteiger partial charge in [-0.1, -0.05) is 0 Å². The standard InChI is InChI=1S/C11H10Br2N4O3/c12-3-1-4-9(18)14-6-5(17(4)8(3)13)2-11(20)7(6)15-10(19)16-11/h1,5-7,20H,2H2,(H,14,18)(H2,15,16,19). The van der Waals surface area contributed by atoms with Crippen LogP contribution in [0.5, 0.6) is 0 Å². The number of aromatic nitrogens is 1. The van der Waals surface area contributed by atoms with Crippen molar-refractivity contribution in [2.24, 2.45) is 0 Å². The van der Waals surface area contributed by atoms with Crippen molar-refractivity contribution in [3.05, 3.63) is 20.8 Å². The van der Waals surface area contributed by atoms with Crippen molar-refractivity contribution in [1.82, 2.24) is 20.5 Å². The van der Waals surface area contributed by atoms with Gasteiger partial charge in [-0.2, -0.15) is 0 Å². The molecule has 0 spiro atoms. The Labute approximate surface area is 130 Å². The van der Waals surface area contributed by atoms with E-state index in [0.717, 1.165) is 9.08 Å². The maximum absolute atomic E-state index is 12.2. The van der Waals surface area contributed by atoms with E-state index in [-0.39, 0.29) is 18.0 Å². The zero-order chi connectivity index (χ0) is 14.2. The van der Waals surface area contributed by atoms with Gasteiger partial charge >= 0.3 is 6.03 Å². The average molecular weight is 406 g/mol. The van der Waals surface area contributed by atoms with Crippen molar-refractivity contribution in [3.63, 3.8) is 0 Å². The Hall–Kier alpha value is -1.06. The number of urea groups is 1. The molecule has 7 nitrogen and oxygen atoms in total. The Morgan fingerprint density at radius 3 is 2.85 bits per heavy atom. The molecule has 2 aliphatic heterocycles. The average Bonchev–Trinajstić information content (AvgIpc) is 2.90. The quantitative estimate of drug-likeness (QED) is 0.504. The zero-order valence-electron chi connectivity index (χ0n) is 9.98. The minimum Gasteiger partial charge on any atom is -0.369 e. The first kappa shape index (κ1) is 12.7. The SMILES string of the molecule is O=C1NC2C3NC(=O)c4cc(Br)c(Br)n4C3CC2(O)N1. The van der Waals surface area contributed by atoms with Crippen LogP contribution in [0.25, 0.3) is 0 Å². The zero-order valence-corrected chi connectivity index (χ0v) is 13.2. The van der Waals surface area contributed by atoms with Crippen molar-refractivity contribution in [1.29, 1.82) is 0 Å². The molecule has 0 radical (unpaired) electrons. The van der Waals surface area contributed by atoms with Crippen LogP contribution in [-0.4, -0.2) is 39.4 Å². The lowest BCUT2D eigenvalue weighted by molar-refractivity contribution is 0.0215. The Balaban J connectivity index is 1.84. The fraction of sp³-hybridized carbons (Fsp3) is 0.455. The number of hydrogen-bond acceptors (Lipinski definition) is 3. The summed E-state index contributed by atoms with van der Waals surface area (Å²) in [5.41, 5.74) is -0.808. The number of hydrogen-bond donors (Lipinski definition) is 4. The van der Waals surface area contributed by atoms with Crippen LogP contribution < -0.4 is 16.0 Å². The second kappa shape index (κ2) is 3.77. The van der Waals surface area contributed by atoms with E-state index in [2.05, 4.69) is 47.8 Å². The number of carbonyl (C=O) groups is 2. The summed E-state index contributed by atoms with van der Waals surface area (Å²) in [5.74, 6) is -0.219. The molecule has 3 aliphatic rings. The maximum atomic E-state index is 12.2. The molecule has 4 atom stereocenters. The lowest BCUT2D eigenvalue weighted by atomic mass is 10.1. The van der Waals surface area contributed by atoms with Crippen molar-refractivity contribution in [3.8, 4) is 0 Å². The molecule has 9 heteroatoms. The molecule has 106 valence electrons. The summed E-state index contributed by atoms with van der Waals surface area (Å²) in [6, 6.07) is 0.301. The van der Waals surface area contributed by atoms with Gasteiger partial charge in [-0.25, -0.2) is 4.79 Å². The molecule has 0 aromatic carbocycles. The third kappa shape index (κ3) is 1.43. The van der Waals surface area contributed by atoms with Gasteiger partial charge in [-0.3, -0.25) is 4.79 Å². The molecule has 2 fully saturated rings. The minimum absolute atomic E-state index is 0.133. The molecule has 4 N–H and O–H groups in total. The molecule has 1 aromatic rings. The molecule has 4 unspecified atom stereocenters. The number of halogens is 2. The predicted octanol–water partition coefficient (Wildman–Crippen LogP) is 0.440. The van der Waals surface area contributed by atoms with E-state index >= 15 is 0 Å². The lowest BCUT2D eigenvalue weighted by Gasteiger charge is -2.32. The Bertz CT molecular complexity index is 660. The summed E-state index contributed by atoms with van der Waals surface area (Å²) >= 11 is 6.85. The summed E-state index contributed by atoms with van der Waals surface area (Å²) in [7, 11) is 0. The largest absolute Gasteiger partial charge is 0.369 e. The molecule has 3 amide bonds. The van der Waals surface area contributed by atoms with Gasteiger partial charge < -0.3 is 25.6 Å². The molecular formula is C11H10Br2N4O3. The number of rotatable bonds is 0. The first-order chi connectivity index (χ1) is 9.40. The fourth-order valence-electron chi connectivity index (χ4n) is 3.43. The Morgan fingerprint density at radius 1 is 1.35 bits per heavy atom. The molecule has 3 heterocycles. The molecule has 1 saturated carbocycles. The highest BCUT2D eigenvalue weighted by atomic mass is 79.9. The number of nitrogens with zero attached hydrogens (tertiary/aromatic N) is 1. The van der Waals surface area contributed by atoms with E-state index in [9.17, 15) is 14.7 Å². The van der Waals surface area contributed by atoms with Crippen molar-refractivity contribution in [2.75, 3.05) is 0 Å². The molecule has 1 saturated heterocycles. The number of amides is 3. The molecule has 0 bridgehead atoms. The summed E-state index contributed by atoms with van der Waals surface area (Å²) in [5, 5.41) is 18.6. The first-order valence-electron chi connectivity index (χ1n) is 6.09. The van der Waals surface area contributed by atoms with Crippen LogP contribution in [0.2, 0.25) is 0 Å². The molecule has 1 aliphatic carbocycles. The van der Waals surface area contributed by atoms with Crippen LogP contribution in [0, 0.1) is 0 Å². The summed E-state index contributed by atoms with van der Waals surface area (Å²) in [4.78, 5) is 23.6. The van der Waals surface area contributed by atoms with Crippen LogP contribution in [0.15, 0.2) is 15.1 Å². The third-order valence-electron chi connectivity index (χ3n) is 4.22. The minimum atomic E-state index is -1.34. The molecule has 20 heavy (non-hydrogen) atoms. The van der Waals surface area contributed by atoms with Crippen molar-refractivity contribution in [2.45, 2.75) is 30.3 Å². The van der Waals surface area contributed by atoms with Gasteiger partial charge in [0.25, 0.3) is 5.91 Å². The second-order valence-corrected chi connectivity index (χ2v) is 6.91. The van der Waals surface area contributed by atoms with Crippen LogP contribution >= 0.6 is 31.9 Å². The molecular weight excluding hydrogens is 396 g/mol. The lowest BCUT2D eigenvalue weighted by Crippen LogP contribution is -2.56. The van der Waals surface area contributed by atoms with E-state index < -0.39 is 17.8 Å². The maximum Gasteiger partial charge on any atom is 0.317 e. The van der Waals surface area contributed by atoms with Gasteiger partial charge in [0.2, 0.25) is 0 Å². The summed E-state index contributed by atoms with van der Waals surface area (Å²) < 4.78 is 3.40. The van der Waals surface area contributed by atoms with Gasteiger partial charge in [-0.05, 0) is 37.9 Å². The topological polar surface area (TPSA) is 95.4 Å². The highest BCUT2D eigenvalue weighted by molar-refractivity contribution is 9.13. The Morgan fingerprint density at radius 2 is 2.10 bits per heavy atom. The molecule has 4 rings (SSSR count). The van der Waals surface area contributed by atoms with Gasteiger partial charge in [0.15, 0.2) is 5.72 Å². The van der Waals surface area contributed by atoms with E-state index in [1.165, 1.54) is 0 Å². The van der Waals surface area contributed by atoms with Crippen molar-refractivity contribution >= 4 is 43.8 Å². The van der Waals surface area contributed by atoms with E-state index in [0.29, 0.717) is 12.1 Å². The number of fused-ring (bicyclic) bond motifs is 5. The van der Waals surface area contributed by atoms with Gasteiger partial charge in [-0.15, -0.1) is 0 Å².